The van der Waals surface area contributed by atoms with Crippen LogP contribution < -0.4 is 11.5 Å². The Morgan fingerprint density at radius 1 is 1.38 bits per heavy atom. The van der Waals surface area contributed by atoms with Crippen molar-refractivity contribution in [3.05, 3.63) is 59.3 Å². The number of rotatable bonds is 4. The molecule has 0 saturated heterocycles. The molecule has 0 bridgehead atoms. The summed E-state index contributed by atoms with van der Waals surface area (Å²) in [6.07, 6.45) is 5.70. The van der Waals surface area contributed by atoms with E-state index in [-0.39, 0.29) is 0 Å². The molecule has 1 aromatic carbocycles. The molecule has 0 aromatic heterocycles. The topological polar surface area (TPSA) is 75.8 Å². The van der Waals surface area contributed by atoms with Crippen LogP contribution in [-0.2, 0) is 13.0 Å². The highest BCUT2D eigenvalue weighted by Gasteiger charge is 1.92. The zero-order valence-electron chi connectivity index (χ0n) is 9.06. The van der Waals surface area contributed by atoms with Crippen molar-refractivity contribution in [2.75, 3.05) is 0 Å². The third-order valence-electron chi connectivity index (χ3n) is 2.19. The van der Waals surface area contributed by atoms with Crippen molar-refractivity contribution in [2.24, 2.45) is 11.5 Å². The van der Waals surface area contributed by atoms with E-state index in [4.69, 9.17) is 16.7 Å². The number of allylic oxidation sites excluding steroid dienone is 3. The van der Waals surface area contributed by atoms with Gasteiger partial charge in [0.1, 0.15) is 6.07 Å². The molecule has 0 unspecified atom stereocenters. The highest BCUT2D eigenvalue weighted by molar-refractivity contribution is 5.33. The molecule has 1 aromatic rings. The minimum Gasteiger partial charge on any atom is -0.404 e. The first kappa shape index (κ1) is 12.0. The second-order valence-electron chi connectivity index (χ2n) is 3.36. The van der Waals surface area contributed by atoms with Crippen LogP contribution >= 0.6 is 0 Å². The summed E-state index contributed by atoms with van der Waals surface area (Å²) < 4.78 is 0. The van der Waals surface area contributed by atoms with Gasteiger partial charge in [0, 0.05) is 12.7 Å². The van der Waals surface area contributed by atoms with E-state index in [1.807, 2.05) is 30.3 Å². The van der Waals surface area contributed by atoms with Crippen LogP contribution in [0.2, 0.25) is 0 Å². The molecular weight excluding hydrogens is 198 g/mol. The maximum absolute atomic E-state index is 8.64. The van der Waals surface area contributed by atoms with E-state index in [0.29, 0.717) is 12.1 Å². The van der Waals surface area contributed by atoms with E-state index in [1.165, 1.54) is 11.8 Å². The van der Waals surface area contributed by atoms with Crippen molar-refractivity contribution in [3.63, 3.8) is 0 Å². The molecule has 3 heteroatoms. The predicted octanol–water partition coefficient (Wildman–Crippen LogP) is 1.61. The molecular formula is C13H15N3. The van der Waals surface area contributed by atoms with Crippen LogP contribution in [-0.4, -0.2) is 0 Å². The van der Waals surface area contributed by atoms with Crippen molar-refractivity contribution in [1.82, 2.24) is 0 Å². The van der Waals surface area contributed by atoms with Gasteiger partial charge in [-0.3, -0.25) is 0 Å². The number of benzene rings is 1. The number of hydrogen-bond acceptors (Lipinski definition) is 3. The molecule has 0 heterocycles. The van der Waals surface area contributed by atoms with Crippen molar-refractivity contribution >= 4 is 0 Å². The van der Waals surface area contributed by atoms with Gasteiger partial charge in [-0.05, 0) is 23.6 Å². The lowest BCUT2D eigenvalue weighted by Crippen LogP contribution is -1.96. The average Bonchev–Trinajstić information content (AvgIpc) is 2.35. The Labute approximate surface area is 95.7 Å². The van der Waals surface area contributed by atoms with Gasteiger partial charge in [-0.2, -0.15) is 5.26 Å². The molecule has 16 heavy (non-hydrogen) atoms. The maximum Gasteiger partial charge on any atom is 0.101 e. The largest absolute Gasteiger partial charge is 0.404 e. The zero-order valence-corrected chi connectivity index (χ0v) is 9.06. The Morgan fingerprint density at radius 3 is 2.75 bits per heavy atom. The third kappa shape index (κ3) is 3.60. The SMILES string of the molecule is N#CC(/C=C\Cc1cccc(CN)c1)=C/N. The van der Waals surface area contributed by atoms with Gasteiger partial charge in [0.2, 0.25) is 0 Å². The van der Waals surface area contributed by atoms with E-state index < -0.39 is 0 Å². The smallest absolute Gasteiger partial charge is 0.101 e. The van der Waals surface area contributed by atoms with Gasteiger partial charge in [-0.15, -0.1) is 0 Å². The molecule has 0 radical (unpaired) electrons. The van der Waals surface area contributed by atoms with E-state index in [1.54, 1.807) is 6.08 Å². The third-order valence-corrected chi connectivity index (χ3v) is 2.19. The van der Waals surface area contributed by atoms with Crippen molar-refractivity contribution in [3.8, 4) is 6.07 Å². The van der Waals surface area contributed by atoms with E-state index in [2.05, 4.69) is 6.07 Å². The molecule has 0 aliphatic heterocycles. The maximum atomic E-state index is 8.64. The quantitative estimate of drug-likeness (QED) is 0.589. The number of hydrogen-bond donors (Lipinski definition) is 2. The molecule has 0 atom stereocenters. The molecule has 0 amide bonds. The first-order valence-corrected chi connectivity index (χ1v) is 5.06. The highest BCUT2D eigenvalue weighted by atomic mass is 14.5. The normalized spacial score (nSPS) is 11.6. The van der Waals surface area contributed by atoms with Crippen LogP contribution in [0.3, 0.4) is 0 Å². The number of nitrogens with zero attached hydrogens (tertiary/aromatic N) is 1. The Kier molecular flexibility index (Phi) is 4.84. The van der Waals surface area contributed by atoms with Gasteiger partial charge in [-0.1, -0.05) is 30.3 Å². The number of nitrogens with two attached hydrogens (primary N) is 2. The highest BCUT2D eigenvalue weighted by Crippen LogP contribution is 2.06. The monoisotopic (exact) mass is 213 g/mol. The molecule has 3 nitrogen and oxygen atoms in total. The van der Waals surface area contributed by atoms with Gasteiger partial charge in [-0.25, -0.2) is 0 Å². The minimum absolute atomic E-state index is 0.468. The van der Waals surface area contributed by atoms with Crippen LogP contribution in [0.15, 0.2) is 48.2 Å². The van der Waals surface area contributed by atoms with Crippen LogP contribution in [0.25, 0.3) is 0 Å². The molecule has 0 saturated carbocycles. The van der Waals surface area contributed by atoms with E-state index in [9.17, 15) is 0 Å². The average molecular weight is 213 g/mol. The van der Waals surface area contributed by atoms with Crippen LogP contribution in [0.5, 0.6) is 0 Å². The Bertz CT molecular complexity index is 439. The summed E-state index contributed by atoms with van der Waals surface area (Å²) in [7, 11) is 0. The second-order valence-corrected chi connectivity index (χ2v) is 3.36. The summed E-state index contributed by atoms with van der Waals surface area (Å²) >= 11 is 0. The van der Waals surface area contributed by atoms with Crippen molar-refractivity contribution < 1.29 is 0 Å². The van der Waals surface area contributed by atoms with Crippen molar-refractivity contribution in [1.29, 1.82) is 5.26 Å². The first-order chi connectivity index (χ1) is 7.80. The van der Waals surface area contributed by atoms with Crippen LogP contribution in [0.4, 0.5) is 0 Å². The van der Waals surface area contributed by atoms with E-state index in [0.717, 1.165) is 12.0 Å². The summed E-state index contributed by atoms with van der Waals surface area (Å²) in [4.78, 5) is 0. The lowest BCUT2D eigenvalue weighted by Gasteiger charge is -2.00. The molecule has 0 aliphatic carbocycles. The summed E-state index contributed by atoms with van der Waals surface area (Å²) in [6.45, 7) is 0.545. The standard InChI is InChI=1S/C13H15N3/c14-8-12-5-1-3-11(7-12)4-2-6-13(9-15)10-16/h1-3,5-7,9H,4,8,14-15H2/b6-2-,13-9+. The van der Waals surface area contributed by atoms with E-state index >= 15 is 0 Å². The minimum atomic E-state index is 0.468. The Morgan fingerprint density at radius 2 is 2.12 bits per heavy atom. The fourth-order valence-corrected chi connectivity index (χ4v) is 1.34. The van der Waals surface area contributed by atoms with Gasteiger partial charge >= 0.3 is 0 Å². The Balaban J connectivity index is 2.65. The fraction of sp³-hybridized carbons (Fsp3) is 0.154. The van der Waals surface area contributed by atoms with Gasteiger partial charge in [0.15, 0.2) is 0 Å². The van der Waals surface area contributed by atoms with Crippen LogP contribution in [0, 0.1) is 11.3 Å². The van der Waals surface area contributed by atoms with Gasteiger partial charge in [0.25, 0.3) is 0 Å². The lowest BCUT2D eigenvalue weighted by atomic mass is 10.1. The first-order valence-electron chi connectivity index (χ1n) is 5.06. The molecule has 82 valence electrons. The number of nitriles is 1. The fourth-order valence-electron chi connectivity index (χ4n) is 1.34. The Hall–Kier alpha value is -2.05. The van der Waals surface area contributed by atoms with Crippen molar-refractivity contribution in [2.45, 2.75) is 13.0 Å². The summed E-state index contributed by atoms with van der Waals surface area (Å²) in [5.74, 6) is 0. The molecule has 0 aliphatic rings. The second kappa shape index (κ2) is 6.44. The van der Waals surface area contributed by atoms with Crippen LogP contribution in [0.1, 0.15) is 11.1 Å². The summed E-state index contributed by atoms with van der Waals surface area (Å²) in [6, 6.07) is 10.1. The zero-order chi connectivity index (χ0) is 11.8. The lowest BCUT2D eigenvalue weighted by molar-refractivity contribution is 1.06. The summed E-state index contributed by atoms with van der Waals surface area (Å²) in [5.41, 5.74) is 13.6. The molecule has 0 spiro atoms. The van der Waals surface area contributed by atoms with Gasteiger partial charge < -0.3 is 11.5 Å². The molecule has 4 N–H and O–H groups in total. The predicted molar refractivity (Wildman–Crippen MR) is 65.1 cm³/mol. The molecule has 1 rings (SSSR count). The molecule has 0 fully saturated rings. The van der Waals surface area contributed by atoms with Gasteiger partial charge in [0.05, 0.1) is 5.57 Å². The summed E-state index contributed by atoms with van der Waals surface area (Å²) in [5, 5.41) is 8.64.